The molecule has 0 saturated heterocycles. The molecule has 0 aliphatic rings. The number of ether oxygens (including phenoxy) is 2. The molecule has 1 heterocycles. The van der Waals surface area contributed by atoms with Gasteiger partial charge in [0.05, 0.1) is 18.8 Å². The maximum atomic E-state index is 14.0. The quantitative estimate of drug-likeness (QED) is 0.150. The highest BCUT2D eigenvalue weighted by Crippen LogP contribution is 2.38. The first-order chi connectivity index (χ1) is 18.8. The Bertz CT molecular complexity index is 1360. The smallest absolute Gasteiger partial charge is 0.417 e. The van der Waals surface area contributed by atoms with Crippen LogP contribution in [0.15, 0.2) is 47.3 Å². The molecular weight excluding hydrogens is 537 g/mol. The molecule has 0 radical (unpaired) electrons. The van der Waals surface area contributed by atoms with Gasteiger partial charge in [0.15, 0.2) is 0 Å². The van der Waals surface area contributed by atoms with Crippen LogP contribution in [0.1, 0.15) is 77.8 Å². The molecule has 0 bridgehead atoms. The Morgan fingerprint density at radius 1 is 1.00 bits per heavy atom. The summed E-state index contributed by atoms with van der Waals surface area (Å²) in [5.74, 6) is 0.597. The van der Waals surface area contributed by atoms with E-state index in [-0.39, 0.29) is 28.4 Å². The van der Waals surface area contributed by atoms with Crippen molar-refractivity contribution in [3.8, 4) is 16.9 Å². The molecule has 8 heteroatoms. The van der Waals surface area contributed by atoms with E-state index in [0.717, 1.165) is 30.6 Å². The van der Waals surface area contributed by atoms with E-state index in [2.05, 4.69) is 0 Å². The van der Waals surface area contributed by atoms with Crippen molar-refractivity contribution < 1.29 is 27.4 Å². The number of hydrogen-bond donors (Lipinski definition) is 0. The summed E-state index contributed by atoms with van der Waals surface area (Å²) in [7, 11) is 0. The molecule has 40 heavy (non-hydrogen) atoms. The first kappa shape index (κ1) is 31.7. The summed E-state index contributed by atoms with van der Waals surface area (Å²) < 4.78 is 53.5. The number of rotatable bonds is 13. The van der Waals surface area contributed by atoms with Crippen molar-refractivity contribution in [1.29, 1.82) is 0 Å². The van der Waals surface area contributed by atoms with Gasteiger partial charge < -0.3 is 9.47 Å². The van der Waals surface area contributed by atoms with Crippen LogP contribution in [-0.4, -0.2) is 19.2 Å². The van der Waals surface area contributed by atoms with E-state index < -0.39 is 16.5 Å². The van der Waals surface area contributed by atoms with Gasteiger partial charge >= 0.3 is 12.1 Å². The molecule has 0 saturated carbocycles. The van der Waals surface area contributed by atoms with Crippen LogP contribution in [0.2, 0.25) is 0 Å². The third kappa shape index (κ3) is 9.08. The largest absolute Gasteiger partial charge is 0.494 e. The van der Waals surface area contributed by atoms with Crippen molar-refractivity contribution >= 4 is 27.4 Å². The number of esters is 1. The van der Waals surface area contributed by atoms with Crippen LogP contribution in [0.3, 0.4) is 0 Å². The average molecular weight is 577 g/mol. The van der Waals surface area contributed by atoms with Gasteiger partial charge in [-0.1, -0.05) is 70.9 Å². The summed E-state index contributed by atoms with van der Waals surface area (Å²) in [4.78, 5) is 24.9. The summed E-state index contributed by atoms with van der Waals surface area (Å²) in [6.07, 6.45) is -0.197. The topological polar surface area (TPSA) is 52.6 Å². The molecule has 1 aromatic heterocycles. The summed E-state index contributed by atoms with van der Waals surface area (Å²) in [5, 5.41) is 0.671. The second-order valence-corrected chi connectivity index (χ2v) is 12.5. The lowest BCUT2D eigenvalue weighted by atomic mass is 9.91. The molecule has 0 amide bonds. The molecule has 218 valence electrons. The summed E-state index contributed by atoms with van der Waals surface area (Å²) in [6, 6.07) is 11.1. The van der Waals surface area contributed by atoms with Crippen molar-refractivity contribution in [2.24, 2.45) is 11.3 Å². The van der Waals surface area contributed by atoms with Gasteiger partial charge in [-0.2, -0.15) is 13.2 Å². The Morgan fingerprint density at radius 2 is 1.75 bits per heavy atom. The highest BCUT2D eigenvalue weighted by molar-refractivity contribution is 7.16. The normalized spacial score (nSPS) is 12.2. The molecule has 3 rings (SSSR count). The van der Waals surface area contributed by atoms with Crippen LogP contribution >= 0.6 is 11.3 Å². The molecule has 0 fully saturated rings. The van der Waals surface area contributed by atoms with Gasteiger partial charge in [-0.25, -0.2) is 0 Å². The predicted molar refractivity (Wildman–Crippen MR) is 156 cm³/mol. The molecule has 0 aliphatic heterocycles. The van der Waals surface area contributed by atoms with Crippen molar-refractivity contribution in [3.63, 3.8) is 0 Å². The van der Waals surface area contributed by atoms with Crippen molar-refractivity contribution in [3.05, 3.63) is 63.1 Å². The fourth-order valence-electron chi connectivity index (χ4n) is 4.35. The lowest BCUT2D eigenvalue weighted by Crippen LogP contribution is -2.24. The van der Waals surface area contributed by atoms with Crippen LogP contribution in [0.5, 0.6) is 5.75 Å². The first-order valence-corrected chi connectivity index (χ1v) is 14.7. The molecule has 0 atom stereocenters. The van der Waals surface area contributed by atoms with Gasteiger partial charge in [0.1, 0.15) is 5.75 Å². The second kappa shape index (κ2) is 13.7. The van der Waals surface area contributed by atoms with Crippen LogP contribution in [0, 0.1) is 11.3 Å². The maximum absolute atomic E-state index is 14.0. The van der Waals surface area contributed by atoms with Gasteiger partial charge in [0.2, 0.25) is 4.74 Å². The molecule has 0 N–H and O–H groups in total. The van der Waals surface area contributed by atoms with E-state index in [1.54, 1.807) is 24.3 Å². The number of hydrogen-bond acceptors (Lipinski definition) is 5. The molecule has 0 unspecified atom stereocenters. The first-order valence-electron chi connectivity index (χ1n) is 13.9. The predicted octanol–water partition coefficient (Wildman–Crippen LogP) is 9.06. The number of alkyl halides is 3. The summed E-state index contributed by atoms with van der Waals surface area (Å²) in [5.41, 5.74) is -0.466. The van der Waals surface area contributed by atoms with Crippen molar-refractivity contribution in [2.75, 3.05) is 13.2 Å². The standard InChI is InChI=1S/C32H39F3O4S/c1-6-7-8-9-22-10-13-25(27(17-22)32(33,34)35)26-18-23-11-12-24(19-28(23)40-30(26)37)38-15-14-31(4,5)20-39-29(36)16-21(2)3/h10-13,17-19,21H,6-9,14-16,20H2,1-5H3. The van der Waals surface area contributed by atoms with E-state index >= 15 is 0 Å². The third-order valence-electron chi connectivity index (χ3n) is 6.70. The van der Waals surface area contributed by atoms with Crippen LogP contribution < -0.4 is 9.48 Å². The number of fused-ring (bicyclic) bond motifs is 1. The molecule has 2 aromatic carbocycles. The average Bonchev–Trinajstić information content (AvgIpc) is 2.86. The number of halogens is 3. The lowest BCUT2D eigenvalue weighted by molar-refractivity contribution is -0.147. The molecule has 0 aliphatic carbocycles. The number of carbonyl (C=O) groups is 1. The number of carbonyl (C=O) groups excluding carboxylic acids is 1. The minimum Gasteiger partial charge on any atom is -0.494 e. The zero-order valence-corrected chi connectivity index (χ0v) is 24.8. The molecule has 4 nitrogen and oxygen atoms in total. The Labute approximate surface area is 238 Å². The van der Waals surface area contributed by atoms with E-state index in [1.807, 2.05) is 34.6 Å². The van der Waals surface area contributed by atoms with Crippen LogP contribution in [0.4, 0.5) is 13.2 Å². The SMILES string of the molecule is CCCCCc1ccc(-c2cc3ccc(OCCC(C)(C)COC(=O)CC(C)C)cc3sc2=O)c(C(F)(F)F)c1. The van der Waals surface area contributed by atoms with E-state index in [9.17, 15) is 22.8 Å². The summed E-state index contributed by atoms with van der Waals surface area (Å²) in [6.45, 7) is 10.7. The monoisotopic (exact) mass is 576 g/mol. The number of benzene rings is 2. The van der Waals surface area contributed by atoms with Gasteiger partial charge in [0, 0.05) is 22.1 Å². The maximum Gasteiger partial charge on any atom is 0.417 e. The van der Waals surface area contributed by atoms with E-state index in [0.29, 0.717) is 53.9 Å². The van der Waals surface area contributed by atoms with Crippen molar-refractivity contribution in [1.82, 2.24) is 0 Å². The molecule has 0 spiro atoms. The van der Waals surface area contributed by atoms with Crippen LogP contribution in [0.25, 0.3) is 21.2 Å². The van der Waals surface area contributed by atoms with Gasteiger partial charge in [-0.15, -0.1) is 0 Å². The minimum atomic E-state index is -4.57. The molecular formula is C32H39F3O4S. The van der Waals surface area contributed by atoms with E-state index in [4.69, 9.17) is 9.47 Å². The van der Waals surface area contributed by atoms with Gasteiger partial charge in [-0.05, 0) is 72.0 Å². The van der Waals surface area contributed by atoms with Crippen molar-refractivity contribution in [2.45, 2.75) is 79.3 Å². The fourth-order valence-corrected chi connectivity index (χ4v) is 5.25. The van der Waals surface area contributed by atoms with Gasteiger partial charge in [-0.3, -0.25) is 9.59 Å². The Kier molecular flexibility index (Phi) is 10.8. The van der Waals surface area contributed by atoms with E-state index in [1.165, 1.54) is 18.2 Å². The zero-order valence-electron chi connectivity index (χ0n) is 24.0. The highest BCUT2D eigenvalue weighted by atomic mass is 32.1. The van der Waals surface area contributed by atoms with Crippen LogP contribution in [-0.2, 0) is 22.1 Å². The minimum absolute atomic E-state index is 0.0485. The third-order valence-corrected chi connectivity index (χ3v) is 7.68. The molecule has 3 aromatic rings. The Balaban J connectivity index is 1.75. The summed E-state index contributed by atoms with van der Waals surface area (Å²) >= 11 is 0.912. The Hall–Kier alpha value is -2.87. The fraction of sp³-hybridized carbons (Fsp3) is 0.500. The Morgan fingerprint density at radius 3 is 2.42 bits per heavy atom. The zero-order chi connectivity index (χ0) is 29.5. The van der Waals surface area contributed by atoms with Gasteiger partial charge in [0.25, 0.3) is 0 Å². The second-order valence-electron chi connectivity index (χ2n) is 11.5. The highest BCUT2D eigenvalue weighted by Gasteiger charge is 2.34. The number of aryl methyl sites for hydroxylation is 1. The number of unbranched alkanes of at least 4 members (excludes halogenated alkanes) is 2. The lowest BCUT2D eigenvalue weighted by Gasteiger charge is -2.24.